The number of nitrogens with one attached hydrogen (secondary N) is 1. The van der Waals surface area contributed by atoms with Gasteiger partial charge in [-0.1, -0.05) is 38.6 Å². The molecule has 6 heteroatoms. The Morgan fingerprint density at radius 2 is 2.15 bits per heavy atom. The average Bonchev–Trinajstić information content (AvgIpc) is 2.79. The van der Waals surface area contributed by atoms with E-state index in [1.54, 1.807) is 6.07 Å². The van der Waals surface area contributed by atoms with Gasteiger partial charge in [-0.15, -0.1) is 0 Å². The second-order valence-electron chi connectivity index (χ2n) is 5.71. The van der Waals surface area contributed by atoms with E-state index in [0.29, 0.717) is 16.6 Å². The molecule has 1 aliphatic rings. The van der Waals surface area contributed by atoms with Crippen molar-refractivity contribution in [3.05, 3.63) is 23.8 Å². The van der Waals surface area contributed by atoms with Gasteiger partial charge in [-0.05, 0) is 23.1 Å². The number of anilines is 1. The number of rotatable bonds is 2. The zero-order valence-corrected chi connectivity index (χ0v) is 12.5. The molecule has 1 heterocycles. The molecule has 0 radical (unpaired) electrons. The number of thioether (sulfide) groups is 1. The molecule has 0 aromatic heterocycles. The van der Waals surface area contributed by atoms with Gasteiger partial charge in [0.2, 0.25) is 0 Å². The third kappa shape index (κ3) is 3.25. The summed E-state index contributed by atoms with van der Waals surface area (Å²) < 4.78 is 0. The van der Waals surface area contributed by atoms with Gasteiger partial charge < -0.3 is 15.5 Å². The average molecular weight is 294 g/mol. The van der Waals surface area contributed by atoms with Crippen molar-refractivity contribution in [2.75, 3.05) is 11.1 Å². The summed E-state index contributed by atoms with van der Waals surface area (Å²) in [4.78, 5) is 14.9. The lowest BCUT2D eigenvalue weighted by molar-refractivity contribution is -0.137. The number of nitrogens with zero attached hydrogens (tertiary/aromatic N) is 1. The molecule has 0 spiro atoms. The summed E-state index contributed by atoms with van der Waals surface area (Å²) in [6.07, 6.45) is 0. The number of aliphatic carboxylic acids is 1. The highest BCUT2D eigenvalue weighted by atomic mass is 32.2. The van der Waals surface area contributed by atoms with Crippen LogP contribution < -0.4 is 5.32 Å². The van der Waals surface area contributed by atoms with E-state index in [1.807, 2.05) is 12.1 Å². The van der Waals surface area contributed by atoms with Crippen molar-refractivity contribution in [3.63, 3.8) is 0 Å². The molecular formula is C14H18N2O3S. The Labute approximate surface area is 122 Å². The zero-order valence-electron chi connectivity index (χ0n) is 11.7. The van der Waals surface area contributed by atoms with Gasteiger partial charge in [-0.25, -0.2) is 9.79 Å². The minimum atomic E-state index is -0.929. The van der Waals surface area contributed by atoms with Crippen molar-refractivity contribution in [1.82, 2.24) is 0 Å². The quantitative estimate of drug-likeness (QED) is 0.731. The number of hydrogen-bond acceptors (Lipinski definition) is 5. The molecule has 2 rings (SSSR count). The molecule has 1 unspecified atom stereocenters. The van der Waals surface area contributed by atoms with Crippen molar-refractivity contribution in [1.29, 1.82) is 0 Å². The van der Waals surface area contributed by atoms with Crippen molar-refractivity contribution in [2.45, 2.75) is 32.2 Å². The van der Waals surface area contributed by atoms with E-state index in [0.717, 1.165) is 5.56 Å². The zero-order chi connectivity index (χ0) is 14.9. The fourth-order valence-corrected chi connectivity index (χ4v) is 2.70. The maximum Gasteiger partial charge on any atom is 0.329 e. The predicted octanol–water partition coefficient (Wildman–Crippen LogP) is 2.66. The van der Waals surface area contributed by atoms with E-state index in [9.17, 15) is 9.90 Å². The lowest BCUT2D eigenvalue weighted by atomic mass is 9.87. The van der Waals surface area contributed by atoms with E-state index in [1.165, 1.54) is 11.8 Å². The van der Waals surface area contributed by atoms with Crippen molar-refractivity contribution in [2.24, 2.45) is 4.99 Å². The monoisotopic (exact) mass is 294 g/mol. The van der Waals surface area contributed by atoms with Crippen molar-refractivity contribution >= 4 is 28.6 Å². The van der Waals surface area contributed by atoms with E-state index in [4.69, 9.17) is 5.11 Å². The normalized spacial score (nSPS) is 18.8. The Morgan fingerprint density at radius 1 is 1.45 bits per heavy atom. The molecule has 0 bridgehead atoms. The maximum absolute atomic E-state index is 10.9. The number of benzene rings is 1. The lowest BCUT2D eigenvalue weighted by Gasteiger charge is -2.20. The van der Waals surface area contributed by atoms with Gasteiger partial charge in [-0.2, -0.15) is 0 Å². The van der Waals surface area contributed by atoms with E-state index < -0.39 is 12.0 Å². The molecule has 0 aliphatic carbocycles. The van der Waals surface area contributed by atoms with Crippen LogP contribution in [0.3, 0.4) is 0 Å². The number of hydrogen-bond donors (Lipinski definition) is 3. The summed E-state index contributed by atoms with van der Waals surface area (Å²) in [6.45, 7) is 6.27. The predicted molar refractivity (Wildman–Crippen MR) is 81.7 cm³/mol. The standard InChI is InChI=1S/C14H18N2O3S/c1-14(2,3)8-4-5-11(17)9(6-8)15-13-16-10(7-20-13)12(18)19/h4-6,10,17H,7H2,1-3H3,(H,15,16)(H,18,19). The first-order chi connectivity index (χ1) is 9.27. The summed E-state index contributed by atoms with van der Waals surface area (Å²) in [6, 6.07) is 4.67. The summed E-state index contributed by atoms with van der Waals surface area (Å²) >= 11 is 1.34. The summed E-state index contributed by atoms with van der Waals surface area (Å²) in [5.41, 5.74) is 1.60. The van der Waals surface area contributed by atoms with Crippen LogP contribution in [0, 0.1) is 0 Å². The van der Waals surface area contributed by atoms with Crippen LogP contribution >= 0.6 is 11.8 Å². The number of carboxylic acid groups (broad SMARTS) is 1. The van der Waals surface area contributed by atoms with Gasteiger partial charge in [0.25, 0.3) is 0 Å². The Hall–Kier alpha value is -1.69. The van der Waals surface area contributed by atoms with Crippen LogP contribution in [0.15, 0.2) is 23.2 Å². The van der Waals surface area contributed by atoms with Gasteiger partial charge in [-0.3, -0.25) is 0 Å². The van der Waals surface area contributed by atoms with Gasteiger partial charge in [0.15, 0.2) is 11.2 Å². The summed E-state index contributed by atoms with van der Waals surface area (Å²) in [5, 5.41) is 22.3. The minimum absolute atomic E-state index is 0.0294. The van der Waals surface area contributed by atoms with Crippen LogP contribution in [-0.2, 0) is 10.2 Å². The first kappa shape index (κ1) is 14.7. The van der Waals surface area contributed by atoms with Crippen LogP contribution in [0.2, 0.25) is 0 Å². The molecule has 0 saturated heterocycles. The van der Waals surface area contributed by atoms with Crippen molar-refractivity contribution < 1.29 is 15.0 Å². The van der Waals surface area contributed by atoms with Gasteiger partial charge in [0.1, 0.15) is 5.75 Å². The Balaban J connectivity index is 2.22. The van der Waals surface area contributed by atoms with Gasteiger partial charge in [0.05, 0.1) is 5.69 Å². The van der Waals surface area contributed by atoms with Gasteiger partial charge >= 0.3 is 5.97 Å². The molecule has 1 atom stereocenters. The number of phenolic OH excluding ortho intramolecular Hbond substituents is 1. The maximum atomic E-state index is 10.9. The fraction of sp³-hybridized carbons (Fsp3) is 0.429. The highest BCUT2D eigenvalue weighted by molar-refractivity contribution is 8.14. The second kappa shape index (κ2) is 5.36. The van der Waals surface area contributed by atoms with Crippen LogP contribution in [0.1, 0.15) is 26.3 Å². The molecule has 1 aromatic rings. The van der Waals surface area contributed by atoms with Crippen LogP contribution in [-0.4, -0.2) is 33.1 Å². The number of aliphatic imine (C=N–C) groups is 1. The first-order valence-corrected chi connectivity index (χ1v) is 7.30. The Morgan fingerprint density at radius 3 is 2.70 bits per heavy atom. The Kier molecular flexibility index (Phi) is 3.94. The molecule has 0 saturated carbocycles. The molecule has 20 heavy (non-hydrogen) atoms. The van der Waals surface area contributed by atoms with Crippen LogP contribution in [0.5, 0.6) is 5.75 Å². The van der Waals surface area contributed by atoms with E-state index in [2.05, 4.69) is 31.1 Å². The first-order valence-electron chi connectivity index (χ1n) is 6.31. The third-order valence-electron chi connectivity index (χ3n) is 3.04. The minimum Gasteiger partial charge on any atom is -0.506 e. The summed E-state index contributed by atoms with van der Waals surface area (Å²) in [7, 11) is 0. The molecule has 1 aromatic carbocycles. The number of aromatic hydroxyl groups is 1. The molecule has 3 N–H and O–H groups in total. The van der Waals surface area contributed by atoms with Gasteiger partial charge in [0, 0.05) is 5.75 Å². The molecule has 1 aliphatic heterocycles. The number of phenols is 1. The molecule has 0 fully saturated rings. The molecule has 108 valence electrons. The number of carbonyl (C=O) groups is 1. The number of amidine groups is 1. The topological polar surface area (TPSA) is 81.9 Å². The molecular weight excluding hydrogens is 276 g/mol. The Bertz CT molecular complexity index is 564. The van der Waals surface area contributed by atoms with E-state index in [-0.39, 0.29) is 11.2 Å². The second-order valence-corrected chi connectivity index (χ2v) is 6.71. The number of carboxylic acids is 1. The van der Waals surface area contributed by atoms with Crippen LogP contribution in [0.25, 0.3) is 0 Å². The summed E-state index contributed by atoms with van der Waals surface area (Å²) in [5.74, 6) is -0.390. The molecule has 5 nitrogen and oxygen atoms in total. The largest absolute Gasteiger partial charge is 0.506 e. The fourth-order valence-electron chi connectivity index (χ4n) is 1.79. The highest BCUT2D eigenvalue weighted by Gasteiger charge is 2.25. The van der Waals surface area contributed by atoms with E-state index >= 15 is 0 Å². The van der Waals surface area contributed by atoms with Crippen LogP contribution in [0.4, 0.5) is 5.69 Å². The third-order valence-corrected chi connectivity index (χ3v) is 4.00. The smallest absolute Gasteiger partial charge is 0.329 e. The molecule has 0 amide bonds. The lowest BCUT2D eigenvalue weighted by Crippen LogP contribution is -2.17. The SMILES string of the molecule is CC(C)(C)c1ccc(O)c(NC2=NC(C(=O)O)CS2)c1. The highest BCUT2D eigenvalue weighted by Crippen LogP contribution is 2.32. The van der Waals surface area contributed by atoms with Crippen molar-refractivity contribution in [3.8, 4) is 5.75 Å².